The summed E-state index contributed by atoms with van der Waals surface area (Å²) < 4.78 is 13.4. The van der Waals surface area contributed by atoms with Crippen molar-refractivity contribution < 1.29 is 9.18 Å². The molecule has 0 aliphatic carbocycles. The van der Waals surface area contributed by atoms with E-state index in [0.29, 0.717) is 24.4 Å². The Morgan fingerprint density at radius 2 is 2.05 bits per heavy atom. The number of halogens is 1. The van der Waals surface area contributed by atoms with Gasteiger partial charge in [-0.3, -0.25) is 9.89 Å². The first-order chi connectivity index (χ1) is 9.88. The molecule has 1 amide bonds. The lowest BCUT2D eigenvalue weighted by atomic mass is 9.96. The number of benzene rings is 1. The second-order valence-electron chi connectivity index (χ2n) is 5.85. The van der Waals surface area contributed by atoms with Gasteiger partial charge >= 0.3 is 0 Å². The highest BCUT2D eigenvalue weighted by Crippen LogP contribution is 2.17. The second kappa shape index (κ2) is 6.03. The number of nitrogens with one attached hydrogen (secondary N) is 2. The molecular weight excluding hydrogens is 271 g/mol. The van der Waals surface area contributed by atoms with Crippen LogP contribution in [-0.2, 0) is 11.8 Å². The van der Waals surface area contributed by atoms with Crippen LogP contribution in [-0.4, -0.2) is 27.6 Å². The van der Waals surface area contributed by atoms with Gasteiger partial charge in [0.05, 0.1) is 0 Å². The van der Waals surface area contributed by atoms with Gasteiger partial charge in [-0.15, -0.1) is 5.10 Å². The van der Waals surface area contributed by atoms with Gasteiger partial charge in [-0.25, -0.2) is 9.37 Å². The summed E-state index contributed by atoms with van der Waals surface area (Å²) in [5, 5.41) is 9.35. The fourth-order valence-corrected chi connectivity index (χ4v) is 1.79. The van der Waals surface area contributed by atoms with Crippen LogP contribution in [0.1, 0.15) is 42.8 Å². The van der Waals surface area contributed by atoms with Gasteiger partial charge < -0.3 is 5.32 Å². The molecule has 6 heteroatoms. The minimum Gasteiger partial charge on any atom is -0.349 e. The van der Waals surface area contributed by atoms with Crippen LogP contribution in [0.3, 0.4) is 0 Å². The number of rotatable bonds is 4. The summed E-state index contributed by atoms with van der Waals surface area (Å²) in [7, 11) is 0. The van der Waals surface area contributed by atoms with Crippen molar-refractivity contribution in [3.8, 4) is 0 Å². The third kappa shape index (κ3) is 3.87. The third-order valence-corrected chi connectivity index (χ3v) is 3.04. The molecule has 0 saturated carbocycles. The zero-order chi connectivity index (χ0) is 15.5. The number of nitrogens with zero attached hydrogens (tertiary/aromatic N) is 2. The van der Waals surface area contributed by atoms with Crippen LogP contribution in [0.4, 0.5) is 4.39 Å². The molecule has 2 N–H and O–H groups in total. The number of carbonyl (C=O) groups excluding carboxylic acids is 1. The van der Waals surface area contributed by atoms with Crippen molar-refractivity contribution in [2.75, 3.05) is 6.54 Å². The molecule has 112 valence electrons. The molecule has 2 rings (SSSR count). The van der Waals surface area contributed by atoms with E-state index in [2.05, 4.69) is 20.5 Å². The first-order valence-electron chi connectivity index (χ1n) is 6.82. The molecule has 1 aromatic carbocycles. The summed E-state index contributed by atoms with van der Waals surface area (Å²) in [6.45, 7) is 6.27. The Kier molecular flexibility index (Phi) is 4.35. The maximum absolute atomic E-state index is 13.4. The minimum absolute atomic E-state index is 0.105. The Balaban J connectivity index is 1.91. The standard InChI is InChI=1S/C15H19FN4O/c1-15(2,3)14-18-12(19-20-14)13(21)17-9-8-10-6-4-5-7-11(10)16/h4-7H,8-9H2,1-3H3,(H,17,21)(H,18,19,20). The molecule has 0 unspecified atom stereocenters. The Morgan fingerprint density at radius 1 is 1.33 bits per heavy atom. The number of hydrogen-bond acceptors (Lipinski definition) is 3. The lowest BCUT2D eigenvalue weighted by molar-refractivity contribution is 0.0944. The molecule has 0 saturated heterocycles. The zero-order valence-electron chi connectivity index (χ0n) is 12.4. The molecule has 5 nitrogen and oxygen atoms in total. The fourth-order valence-electron chi connectivity index (χ4n) is 1.79. The smallest absolute Gasteiger partial charge is 0.290 e. The topological polar surface area (TPSA) is 70.7 Å². The van der Waals surface area contributed by atoms with E-state index >= 15 is 0 Å². The van der Waals surface area contributed by atoms with Crippen molar-refractivity contribution in [1.29, 1.82) is 0 Å². The molecular formula is C15H19FN4O. The molecule has 0 spiro atoms. The molecule has 2 aromatic rings. The largest absolute Gasteiger partial charge is 0.349 e. The van der Waals surface area contributed by atoms with E-state index in [0.717, 1.165) is 0 Å². The normalized spacial score (nSPS) is 11.4. The van der Waals surface area contributed by atoms with Crippen LogP contribution in [0.15, 0.2) is 24.3 Å². The van der Waals surface area contributed by atoms with Crippen molar-refractivity contribution >= 4 is 5.91 Å². The zero-order valence-corrected chi connectivity index (χ0v) is 12.4. The Morgan fingerprint density at radius 3 is 2.67 bits per heavy atom. The predicted molar refractivity (Wildman–Crippen MR) is 77.5 cm³/mol. The average molecular weight is 290 g/mol. The van der Waals surface area contributed by atoms with Crippen molar-refractivity contribution in [2.24, 2.45) is 0 Å². The summed E-state index contributed by atoms with van der Waals surface area (Å²) in [6.07, 6.45) is 0.426. The summed E-state index contributed by atoms with van der Waals surface area (Å²) in [5.41, 5.74) is 0.377. The molecule has 0 aliphatic heterocycles. The van der Waals surface area contributed by atoms with Gasteiger partial charge in [-0.1, -0.05) is 39.0 Å². The predicted octanol–water partition coefficient (Wildman–Crippen LogP) is 2.21. The summed E-state index contributed by atoms with van der Waals surface area (Å²) in [4.78, 5) is 16.1. The van der Waals surface area contributed by atoms with Crippen LogP contribution in [0.5, 0.6) is 0 Å². The van der Waals surface area contributed by atoms with Crippen molar-refractivity contribution in [1.82, 2.24) is 20.5 Å². The van der Waals surface area contributed by atoms with E-state index in [1.807, 2.05) is 20.8 Å². The molecule has 21 heavy (non-hydrogen) atoms. The molecule has 0 radical (unpaired) electrons. The number of amides is 1. The number of aromatic nitrogens is 3. The Labute approximate surface area is 123 Å². The lowest BCUT2D eigenvalue weighted by Gasteiger charge is -2.12. The first kappa shape index (κ1) is 15.2. The lowest BCUT2D eigenvalue weighted by Crippen LogP contribution is -2.27. The van der Waals surface area contributed by atoms with Crippen LogP contribution in [0, 0.1) is 5.82 Å². The number of aromatic amines is 1. The van der Waals surface area contributed by atoms with Gasteiger partial charge in [-0.2, -0.15) is 0 Å². The molecule has 1 aromatic heterocycles. The van der Waals surface area contributed by atoms with Gasteiger partial charge in [0.15, 0.2) is 0 Å². The van der Waals surface area contributed by atoms with E-state index in [1.165, 1.54) is 6.07 Å². The quantitative estimate of drug-likeness (QED) is 0.907. The van der Waals surface area contributed by atoms with Gasteiger partial charge in [0, 0.05) is 12.0 Å². The number of hydrogen-bond donors (Lipinski definition) is 2. The second-order valence-corrected chi connectivity index (χ2v) is 5.85. The van der Waals surface area contributed by atoms with Crippen LogP contribution in [0.25, 0.3) is 0 Å². The van der Waals surface area contributed by atoms with Crippen LogP contribution < -0.4 is 5.32 Å². The van der Waals surface area contributed by atoms with E-state index < -0.39 is 0 Å². The molecule has 0 bridgehead atoms. The van der Waals surface area contributed by atoms with E-state index in [9.17, 15) is 9.18 Å². The molecule has 0 atom stereocenters. The SMILES string of the molecule is CC(C)(C)c1nc(C(=O)NCCc2ccccc2F)n[nH]1. The Bertz CT molecular complexity index is 631. The van der Waals surface area contributed by atoms with Gasteiger partial charge in [0.2, 0.25) is 5.82 Å². The van der Waals surface area contributed by atoms with E-state index in [1.54, 1.807) is 18.2 Å². The van der Waals surface area contributed by atoms with Crippen molar-refractivity contribution in [3.63, 3.8) is 0 Å². The van der Waals surface area contributed by atoms with Gasteiger partial charge in [0.1, 0.15) is 11.6 Å². The number of carbonyl (C=O) groups is 1. The van der Waals surface area contributed by atoms with Gasteiger partial charge in [-0.05, 0) is 18.1 Å². The maximum Gasteiger partial charge on any atom is 0.290 e. The minimum atomic E-state index is -0.363. The summed E-state index contributed by atoms with van der Waals surface area (Å²) >= 11 is 0. The highest BCUT2D eigenvalue weighted by Gasteiger charge is 2.21. The van der Waals surface area contributed by atoms with Crippen molar-refractivity contribution in [3.05, 3.63) is 47.3 Å². The molecule has 0 aliphatic rings. The first-order valence-corrected chi connectivity index (χ1v) is 6.82. The monoisotopic (exact) mass is 290 g/mol. The Hall–Kier alpha value is -2.24. The van der Waals surface area contributed by atoms with E-state index in [-0.39, 0.29) is 23.0 Å². The summed E-state index contributed by atoms with van der Waals surface area (Å²) in [6, 6.07) is 6.51. The highest BCUT2D eigenvalue weighted by atomic mass is 19.1. The molecule has 0 fully saturated rings. The average Bonchev–Trinajstić information content (AvgIpc) is 2.90. The molecule has 1 heterocycles. The van der Waals surface area contributed by atoms with Gasteiger partial charge in [0.25, 0.3) is 5.91 Å². The van der Waals surface area contributed by atoms with E-state index in [4.69, 9.17) is 0 Å². The highest BCUT2D eigenvalue weighted by molar-refractivity contribution is 5.90. The maximum atomic E-state index is 13.4. The number of H-pyrrole nitrogens is 1. The van der Waals surface area contributed by atoms with Crippen LogP contribution >= 0.6 is 0 Å². The fraction of sp³-hybridized carbons (Fsp3) is 0.400. The van der Waals surface area contributed by atoms with Crippen LogP contribution in [0.2, 0.25) is 0 Å². The van der Waals surface area contributed by atoms with Crippen molar-refractivity contribution in [2.45, 2.75) is 32.6 Å². The third-order valence-electron chi connectivity index (χ3n) is 3.04. The summed E-state index contributed by atoms with van der Waals surface area (Å²) in [5.74, 6) is 0.132.